The van der Waals surface area contributed by atoms with Crippen LogP contribution in [0, 0.1) is 0 Å². The molecular formula is C21H36N6O15. The zero-order valence-electron chi connectivity index (χ0n) is 22.4. The molecule has 0 saturated heterocycles. The van der Waals surface area contributed by atoms with Crippen LogP contribution < -0.4 is 33.0 Å². The highest BCUT2D eigenvalue weighted by atomic mass is 16.6. The Balaban J connectivity index is 2.99. The third-order valence-corrected chi connectivity index (χ3v) is 5.04. The smallest absolute Gasteiger partial charge is 0.409 e. The molecule has 42 heavy (non-hydrogen) atoms. The summed E-state index contributed by atoms with van der Waals surface area (Å²) >= 11 is 0. The van der Waals surface area contributed by atoms with Gasteiger partial charge in [0.25, 0.3) is 0 Å². The summed E-state index contributed by atoms with van der Waals surface area (Å²) in [6.07, 6.45) is -8.12. The van der Waals surface area contributed by atoms with E-state index in [1.54, 1.807) is 0 Å². The first-order valence-electron chi connectivity index (χ1n) is 12.6. The lowest BCUT2D eigenvalue weighted by molar-refractivity contribution is 0.0566. The molecule has 0 spiro atoms. The van der Waals surface area contributed by atoms with Gasteiger partial charge in [0.15, 0.2) is 18.7 Å². The Morgan fingerprint density at radius 1 is 0.548 bits per heavy atom. The number of aliphatic hydroxyl groups is 6. The number of hydrogen-bond donors (Lipinski definition) is 9. The number of rotatable bonds is 18. The number of ether oxygens (including phenoxy) is 3. The van der Waals surface area contributed by atoms with Gasteiger partial charge < -0.3 is 44.8 Å². The quantitative estimate of drug-likeness (QED) is 0.0424. The molecule has 21 heteroatoms. The van der Waals surface area contributed by atoms with E-state index in [-0.39, 0.29) is 58.7 Å². The first-order chi connectivity index (χ1) is 19.9. The number of nitrogens with one attached hydrogen (secondary N) is 3. The van der Waals surface area contributed by atoms with E-state index < -0.39 is 73.9 Å². The van der Waals surface area contributed by atoms with E-state index in [2.05, 4.69) is 0 Å². The summed E-state index contributed by atoms with van der Waals surface area (Å²) in [5.41, 5.74) is -3.06. The van der Waals surface area contributed by atoms with Gasteiger partial charge in [-0.25, -0.2) is 42.5 Å². The van der Waals surface area contributed by atoms with Gasteiger partial charge in [-0.1, -0.05) is 0 Å². The molecule has 1 rings (SSSR count). The fraction of sp³-hybridized carbons (Fsp3) is 0.714. The maximum absolute atomic E-state index is 13.0. The maximum atomic E-state index is 13.0. The highest BCUT2D eigenvalue weighted by Gasteiger charge is 2.17. The molecule has 1 aromatic heterocycles. The largest absolute Gasteiger partial charge is 0.449 e. The highest BCUT2D eigenvalue weighted by molar-refractivity contribution is 5.67. The number of aromatic nitrogens is 3. The monoisotopic (exact) mass is 612 g/mol. The second-order valence-electron chi connectivity index (χ2n) is 8.30. The number of alkyl carbamates (subject to hydrolysis) is 3. The van der Waals surface area contributed by atoms with Gasteiger partial charge in [0, 0.05) is 19.6 Å². The minimum atomic E-state index is -1.56. The zero-order valence-corrected chi connectivity index (χ0v) is 22.4. The number of carbonyl (C=O) groups excluding carboxylic acids is 3. The highest BCUT2D eigenvalue weighted by Crippen LogP contribution is 1.93. The Labute approximate surface area is 236 Å². The molecule has 0 aliphatic carbocycles. The first-order valence-corrected chi connectivity index (χ1v) is 12.6. The van der Waals surface area contributed by atoms with E-state index in [1.807, 2.05) is 16.0 Å². The molecule has 21 nitrogen and oxygen atoms in total. The van der Waals surface area contributed by atoms with Crippen LogP contribution >= 0.6 is 0 Å². The van der Waals surface area contributed by atoms with Gasteiger partial charge in [0.05, 0.1) is 39.6 Å². The van der Waals surface area contributed by atoms with Crippen LogP contribution in [0.15, 0.2) is 14.4 Å². The lowest BCUT2D eigenvalue weighted by Gasteiger charge is -2.15. The molecule has 9 N–H and O–H groups in total. The van der Waals surface area contributed by atoms with Crippen molar-refractivity contribution in [1.82, 2.24) is 29.7 Å². The Kier molecular flexibility index (Phi) is 16.4. The van der Waals surface area contributed by atoms with E-state index in [1.165, 1.54) is 0 Å². The van der Waals surface area contributed by atoms with E-state index in [4.69, 9.17) is 29.5 Å². The van der Waals surface area contributed by atoms with Crippen molar-refractivity contribution in [2.75, 3.05) is 39.6 Å². The van der Waals surface area contributed by atoms with E-state index >= 15 is 0 Å². The summed E-state index contributed by atoms with van der Waals surface area (Å²) in [7, 11) is 0. The Bertz CT molecular complexity index is 1010. The average Bonchev–Trinajstić information content (AvgIpc) is 2.95. The van der Waals surface area contributed by atoms with E-state index in [9.17, 15) is 44.1 Å². The predicted octanol–water partition coefficient (Wildman–Crippen LogP) is -5.55. The molecule has 0 aromatic carbocycles. The summed E-state index contributed by atoms with van der Waals surface area (Å²) in [5, 5.41) is 59.4. The first kappa shape index (κ1) is 36.0. The van der Waals surface area contributed by atoms with Crippen LogP contribution in [0.5, 0.6) is 0 Å². The number of nitrogens with zero attached hydrogens (tertiary/aromatic N) is 3. The normalized spacial score (nSPS) is 13.0. The Hall–Kier alpha value is -4.02. The molecule has 0 radical (unpaired) electrons. The average molecular weight is 613 g/mol. The minimum Gasteiger partial charge on any atom is -0.449 e. The van der Waals surface area contributed by atoms with Crippen molar-refractivity contribution >= 4 is 18.3 Å². The molecule has 0 fully saturated rings. The molecule has 3 amide bonds. The molecule has 0 saturated carbocycles. The van der Waals surface area contributed by atoms with Crippen molar-refractivity contribution in [1.29, 1.82) is 0 Å². The van der Waals surface area contributed by atoms with Gasteiger partial charge in [-0.3, -0.25) is 16.0 Å². The van der Waals surface area contributed by atoms with Gasteiger partial charge >= 0.3 is 35.3 Å². The molecule has 1 aromatic rings. The number of aliphatic hydroxyl groups excluding tert-OH is 6. The van der Waals surface area contributed by atoms with Crippen molar-refractivity contribution in [3.8, 4) is 0 Å². The molecule has 1 heterocycles. The fourth-order valence-corrected chi connectivity index (χ4v) is 3.09. The van der Waals surface area contributed by atoms with Gasteiger partial charge in [-0.15, -0.1) is 0 Å². The van der Waals surface area contributed by atoms with Crippen molar-refractivity contribution < 1.29 is 59.2 Å². The standard InChI is InChI=1S/C21H36N6O15/c28-10-13(31)22-16(34)40-7-1-4-25-19(37)26(5-2-8-41-17(35)23-14(32)11-29)21(39)27(20(25)38)6-3-9-42-18(36)24-15(33)12-30/h13-15,28-33H,1-12H2,(H,22,34)(H,23,35)(H,24,36). The fourth-order valence-electron chi connectivity index (χ4n) is 3.09. The van der Waals surface area contributed by atoms with Crippen molar-refractivity contribution in [3.05, 3.63) is 31.5 Å². The second kappa shape index (κ2) is 19.2. The summed E-state index contributed by atoms with van der Waals surface area (Å²) in [4.78, 5) is 73.5. The minimum absolute atomic E-state index is 0.0804. The van der Waals surface area contributed by atoms with Crippen LogP contribution in [0.3, 0.4) is 0 Å². The number of hydrogen-bond acceptors (Lipinski definition) is 15. The van der Waals surface area contributed by atoms with Gasteiger partial charge in [-0.05, 0) is 19.3 Å². The summed E-state index contributed by atoms with van der Waals surface area (Å²) in [6, 6.07) is 0. The van der Waals surface area contributed by atoms with E-state index in [0.29, 0.717) is 13.7 Å². The lowest BCUT2D eigenvalue weighted by Crippen LogP contribution is -2.54. The van der Waals surface area contributed by atoms with Crippen molar-refractivity contribution in [2.45, 2.75) is 57.6 Å². The summed E-state index contributed by atoms with van der Waals surface area (Å²) in [6.45, 7) is -4.18. The zero-order chi connectivity index (χ0) is 31.7. The third-order valence-electron chi connectivity index (χ3n) is 5.04. The molecule has 0 aliphatic heterocycles. The van der Waals surface area contributed by atoms with Crippen LogP contribution in [-0.4, -0.2) is 121 Å². The van der Waals surface area contributed by atoms with Crippen LogP contribution in [0.4, 0.5) is 14.4 Å². The molecule has 3 unspecified atom stereocenters. The van der Waals surface area contributed by atoms with Crippen molar-refractivity contribution in [3.63, 3.8) is 0 Å². The summed E-state index contributed by atoms with van der Waals surface area (Å²) in [5.74, 6) is 0. The van der Waals surface area contributed by atoms with Gasteiger partial charge in [-0.2, -0.15) is 0 Å². The van der Waals surface area contributed by atoms with Crippen LogP contribution in [0.25, 0.3) is 0 Å². The van der Waals surface area contributed by atoms with Crippen molar-refractivity contribution in [2.24, 2.45) is 0 Å². The molecular weight excluding hydrogens is 576 g/mol. The second-order valence-corrected chi connectivity index (χ2v) is 8.30. The van der Waals surface area contributed by atoms with Gasteiger partial charge in [0.2, 0.25) is 0 Å². The topological polar surface area (TPSA) is 302 Å². The SMILES string of the molecule is O=C(NC(O)CO)OCCCn1c(=O)n(CCCOC(=O)NC(O)CO)c(=O)n(CCCOC(=O)NC(O)CO)c1=O. The Morgan fingerprint density at radius 3 is 1.00 bits per heavy atom. The Morgan fingerprint density at radius 2 is 0.786 bits per heavy atom. The molecule has 0 aliphatic rings. The third kappa shape index (κ3) is 12.7. The summed E-state index contributed by atoms with van der Waals surface area (Å²) < 4.78 is 16.4. The van der Waals surface area contributed by atoms with E-state index in [0.717, 1.165) is 0 Å². The van der Waals surface area contributed by atoms with Crippen LogP contribution in [0.1, 0.15) is 19.3 Å². The number of amides is 3. The molecule has 0 bridgehead atoms. The molecule has 3 atom stereocenters. The van der Waals surface area contributed by atoms with Crippen LogP contribution in [-0.2, 0) is 33.8 Å². The number of carbonyl (C=O) groups is 3. The lowest BCUT2D eigenvalue weighted by atomic mass is 10.4. The predicted molar refractivity (Wildman–Crippen MR) is 136 cm³/mol. The van der Waals surface area contributed by atoms with Crippen LogP contribution in [0.2, 0.25) is 0 Å². The maximum Gasteiger partial charge on any atom is 0.409 e. The van der Waals surface area contributed by atoms with Gasteiger partial charge in [0.1, 0.15) is 0 Å². The molecule has 240 valence electrons.